The smallest absolute Gasteiger partial charge is 0.262 e. The zero-order valence-corrected chi connectivity index (χ0v) is 14.0. The van der Waals surface area contributed by atoms with Crippen LogP contribution in [0.25, 0.3) is 0 Å². The van der Waals surface area contributed by atoms with Crippen molar-refractivity contribution in [3.8, 4) is 17.6 Å². The predicted octanol–water partition coefficient (Wildman–Crippen LogP) is 3.11. The van der Waals surface area contributed by atoms with E-state index in [9.17, 15) is 10.1 Å². The van der Waals surface area contributed by atoms with E-state index in [1.54, 1.807) is 20.1 Å². The Morgan fingerprint density at radius 2 is 2.00 bits per heavy atom. The third-order valence-electron chi connectivity index (χ3n) is 4.28. The van der Waals surface area contributed by atoms with E-state index in [2.05, 4.69) is 11.4 Å². The lowest BCUT2D eigenvalue weighted by atomic mass is 9.83. The summed E-state index contributed by atoms with van der Waals surface area (Å²) in [5.74, 6) is 0.851. The first-order chi connectivity index (χ1) is 11.0. The van der Waals surface area contributed by atoms with Gasteiger partial charge in [0, 0.05) is 0 Å². The highest BCUT2D eigenvalue weighted by Crippen LogP contribution is 2.30. The molecule has 1 atom stereocenters. The second-order valence-electron chi connectivity index (χ2n) is 6.16. The molecule has 1 N–H and O–H groups in total. The Labute approximate surface area is 137 Å². The van der Waals surface area contributed by atoms with Gasteiger partial charge in [-0.25, -0.2) is 0 Å². The number of carbonyl (C=O) groups excluding carboxylic acids is 1. The number of benzene rings is 1. The Kier molecular flexibility index (Phi) is 5.49. The minimum Gasteiger partial charge on any atom is -0.493 e. The molecule has 1 aromatic carbocycles. The van der Waals surface area contributed by atoms with Crippen LogP contribution in [0.5, 0.6) is 11.5 Å². The van der Waals surface area contributed by atoms with Crippen LogP contribution in [0, 0.1) is 18.3 Å². The minimum absolute atomic E-state index is 0.268. The van der Waals surface area contributed by atoms with Crippen molar-refractivity contribution in [1.29, 1.82) is 5.26 Å². The van der Waals surface area contributed by atoms with Gasteiger partial charge in [0.1, 0.15) is 5.54 Å². The highest BCUT2D eigenvalue weighted by Gasteiger charge is 2.35. The molecule has 0 spiro atoms. The maximum Gasteiger partial charge on any atom is 0.262 e. The third-order valence-corrected chi connectivity index (χ3v) is 4.28. The third kappa shape index (κ3) is 4.16. The molecule has 1 fully saturated rings. The van der Waals surface area contributed by atoms with E-state index in [-0.39, 0.29) is 5.91 Å². The molecule has 1 aromatic rings. The summed E-state index contributed by atoms with van der Waals surface area (Å²) in [5, 5.41) is 12.3. The van der Waals surface area contributed by atoms with E-state index in [0.717, 1.165) is 24.8 Å². The van der Waals surface area contributed by atoms with Crippen molar-refractivity contribution in [2.75, 3.05) is 7.11 Å². The van der Waals surface area contributed by atoms with Crippen LogP contribution in [0.2, 0.25) is 0 Å². The van der Waals surface area contributed by atoms with Gasteiger partial charge in [0.2, 0.25) is 0 Å². The summed E-state index contributed by atoms with van der Waals surface area (Å²) in [6.45, 7) is 3.64. The molecule has 1 aliphatic rings. The molecule has 1 saturated carbocycles. The predicted molar refractivity (Wildman–Crippen MR) is 87.4 cm³/mol. The van der Waals surface area contributed by atoms with Gasteiger partial charge >= 0.3 is 0 Å². The number of carbonyl (C=O) groups is 1. The number of aryl methyl sites for hydroxylation is 1. The second kappa shape index (κ2) is 7.36. The summed E-state index contributed by atoms with van der Waals surface area (Å²) < 4.78 is 11.0. The number of ether oxygens (including phenoxy) is 2. The van der Waals surface area contributed by atoms with E-state index in [1.807, 2.05) is 19.1 Å². The molecular formula is C18H24N2O3. The van der Waals surface area contributed by atoms with Crippen molar-refractivity contribution >= 4 is 5.91 Å². The average molecular weight is 316 g/mol. The summed E-state index contributed by atoms with van der Waals surface area (Å²) in [7, 11) is 1.57. The van der Waals surface area contributed by atoms with Crippen LogP contribution < -0.4 is 14.8 Å². The quantitative estimate of drug-likeness (QED) is 0.906. The van der Waals surface area contributed by atoms with Crippen LogP contribution in [-0.2, 0) is 4.79 Å². The molecule has 124 valence electrons. The highest BCUT2D eigenvalue weighted by molar-refractivity contribution is 5.82. The highest BCUT2D eigenvalue weighted by atomic mass is 16.5. The Bertz CT molecular complexity index is 601. The molecule has 0 aliphatic heterocycles. The summed E-state index contributed by atoms with van der Waals surface area (Å²) in [4.78, 5) is 12.4. The zero-order valence-electron chi connectivity index (χ0n) is 14.0. The number of methoxy groups -OCH3 is 1. The van der Waals surface area contributed by atoms with Crippen LogP contribution in [0.3, 0.4) is 0 Å². The molecule has 2 rings (SSSR count). The topological polar surface area (TPSA) is 71.3 Å². The van der Waals surface area contributed by atoms with Crippen LogP contribution >= 0.6 is 0 Å². The maximum atomic E-state index is 12.4. The molecule has 1 amide bonds. The van der Waals surface area contributed by atoms with E-state index < -0.39 is 11.6 Å². The molecular weight excluding hydrogens is 292 g/mol. The van der Waals surface area contributed by atoms with Crippen molar-refractivity contribution in [3.63, 3.8) is 0 Å². The Morgan fingerprint density at radius 3 is 2.61 bits per heavy atom. The van der Waals surface area contributed by atoms with Gasteiger partial charge in [0.05, 0.1) is 13.2 Å². The number of nitrogens with one attached hydrogen (secondary N) is 1. The summed E-state index contributed by atoms with van der Waals surface area (Å²) in [5.41, 5.74) is 0.307. The molecule has 23 heavy (non-hydrogen) atoms. The van der Waals surface area contributed by atoms with E-state index in [0.29, 0.717) is 24.3 Å². The number of hydrogen-bond acceptors (Lipinski definition) is 4. The largest absolute Gasteiger partial charge is 0.493 e. The Balaban J connectivity index is 2.04. The zero-order chi connectivity index (χ0) is 16.9. The maximum absolute atomic E-state index is 12.4. The molecule has 0 aromatic heterocycles. The first-order valence-electron chi connectivity index (χ1n) is 8.04. The lowest BCUT2D eigenvalue weighted by molar-refractivity contribution is -0.129. The normalized spacial score (nSPS) is 17.7. The Morgan fingerprint density at radius 1 is 1.30 bits per heavy atom. The standard InChI is InChI=1S/C18H24N2O3/c1-13-7-8-15(16(11-13)22-3)23-14(2)17(21)20-18(12-19)9-5-4-6-10-18/h7-8,11,14H,4-6,9-10H2,1-3H3,(H,20,21)/t14-/m1/s1. The molecule has 0 bridgehead atoms. The fraction of sp³-hybridized carbons (Fsp3) is 0.556. The SMILES string of the molecule is COc1cc(C)ccc1O[C@H](C)C(=O)NC1(C#N)CCCCC1. The van der Waals surface area contributed by atoms with Gasteiger partial charge in [-0.3, -0.25) is 4.79 Å². The van der Waals surface area contributed by atoms with Gasteiger partial charge in [0.25, 0.3) is 5.91 Å². The van der Waals surface area contributed by atoms with Gasteiger partial charge in [-0.15, -0.1) is 0 Å². The molecule has 5 nitrogen and oxygen atoms in total. The lowest BCUT2D eigenvalue weighted by Crippen LogP contribution is -2.52. The van der Waals surface area contributed by atoms with Crippen molar-refractivity contribution in [2.45, 2.75) is 57.6 Å². The Hall–Kier alpha value is -2.22. The molecule has 1 aliphatic carbocycles. The molecule has 5 heteroatoms. The summed E-state index contributed by atoms with van der Waals surface area (Å²) in [6.07, 6.45) is 3.76. The van der Waals surface area contributed by atoms with Crippen LogP contribution in [0.15, 0.2) is 18.2 Å². The molecule has 0 unspecified atom stereocenters. The summed E-state index contributed by atoms with van der Waals surface area (Å²) >= 11 is 0. The van der Waals surface area contributed by atoms with Gasteiger partial charge in [-0.05, 0) is 44.4 Å². The van der Waals surface area contributed by atoms with Gasteiger partial charge < -0.3 is 14.8 Å². The van der Waals surface area contributed by atoms with Crippen molar-refractivity contribution in [1.82, 2.24) is 5.32 Å². The van der Waals surface area contributed by atoms with Crippen LogP contribution in [0.4, 0.5) is 0 Å². The number of nitriles is 1. The number of rotatable bonds is 5. The van der Waals surface area contributed by atoms with E-state index in [4.69, 9.17) is 9.47 Å². The van der Waals surface area contributed by atoms with Crippen LogP contribution in [-0.4, -0.2) is 24.7 Å². The van der Waals surface area contributed by atoms with Crippen molar-refractivity contribution < 1.29 is 14.3 Å². The first-order valence-corrected chi connectivity index (χ1v) is 8.04. The van der Waals surface area contributed by atoms with E-state index >= 15 is 0 Å². The average Bonchev–Trinajstić information content (AvgIpc) is 2.57. The number of amides is 1. The number of hydrogen-bond donors (Lipinski definition) is 1. The molecule has 0 saturated heterocycles. The second-order valence-corrected chi connectivity index (χ2v) is 6.16. The molecule has 0 radical (unpaired) electrons. The first kappa shape index (κ1) is 17.1. The minimum atomic E-state index is -0.746. The van der Waals surface area contributed by atoms with Gasteiger partial charge in [-0.2, -0.15) is 5.26 Å². The fourth-order valence-corrected chi connectivity index (χ4v) is 2.87. The van der Waals surface area contributed by atoms with Crippen LogP contribution in [0.1, 0.15) is 44.6 Å². The monoisotopic (exact) mass is 316 g/mol. The van der Waals surface area contributed by atoms with Crippen molar-refractivity contribution in [2.24, 2.45) is 0 Å². The fourth-order valence-electron chi connectivity index (χ4n) is 2.87. The van der Waals surface area contributed by atoms with Crippen molar-refractivity contribution in [3.05, 3.63) is 23.8 Å². The number of nitrogens with zero attached hydrogens (tertiary/aromatic N) is 1. The van der Waals surface area contributed by atoms with E-state index in [1.165, 1.54) is 0 Å². The van der Waals surface area contributed by atoms with Gasteiger partial charge in [-0.1, -0.05) is 25.3 Å². The summed E-state index contributed by atoms with van der Waals surface area (Å²) in [6, 6.07) is 7.84. The van der Waals surface area contributed by atoms with Gasteiger partial charge in [0.15, 0.2) is 17.6 Å². The molecule has 0 heterocycles. The lowest BCUT2D eigenvalue weighted by Gasteiger charge is -2.32.